The lowest BCUT2D eigenvalue weighted by Crippen LogP contribution is -2.48. The normalized spacial score (nSPS) is 32.5. The summed E-state index contributed by atoms with van der Waals surface area (Å²) >= 11 is 0. The summed E-state index contributed by atoms with van der Waals surface area (Å²) in [4.78, 5) is 22.9. The number of aliphatic hydroxyl groups is 1. The average Bonchev–Trinajstić information content (AvgIpc) is 2.70. The van der Waals surface area contributed by atoms with Gasteiger partial charge in [-0.3, -0.25) is 4.79 Å². The summed E-state index contributed by atoms with van der Waals surface area (Å²) < 4.78 is 4.79. The number of allylic oxidation sites excluding steroid dienone is 1. The molecule has 0 aromatic rings. The van der Waals surface area contributed by atoms with Crippen LogP contribution in [0.2, 0.25) is 0 Å². The van der Waals surface area contributed by atoms with Gasteiger partial charge in [0.2, 0.25) is 0 Å². The Morgan fingerprint density at radius 1 is 1.27 bits per heavy atom. The van der Waals surface area contributed by atoms with Crippen molar-refractivity contribution in [3.63, 3.8) is 0 Å². The molecule has 1 heterocycles. The van der Waals surface area contributed by atoms with Crippen LogP contribution in [0.5, 0.6) is 0 Å². The monoisotopic (exact) mass is 422 g/mol. The minimum Gasteiger partial charge on any atom is -0.469 e. The Hall–Kier alpha value is -1.17. The fraction of sp³-hybridized carbons (Fsp3) is 0.800. The van der Waals surface area contributed by atoms with E-state index in [-0.39, 0.29) is 29.0 Å². The maximum Gasteiger partial charge on any atom is 0.311 e. The topological polar surface area (TPSA) is 65.0 Å². The largest absolute Gasteiger partial charge is 0.469 e. The first-order valence-corrected chi connectivity index (χ1v) is 11.4. The number of methoxy groups -OCH3 is 1. The van der Waals surface area contributed by atoms with Gasteiger partial charge in [-0.15, -0.1) is 0 Å². The number of carbonyl (C=O) groups is 1. The molecule has 0 spiro atoms. The van der Waals surface area contributed by atoms with Crippen LogP contribution in [0.4, 0.5) is 0 Å². The van der Waals surface area contributed by atoms with Gasteiger partial charge < -0.3 is 9.84 Å². The van der Waals surface area contributed by atoms with Gasteiger partial charge in [0, 0.05) is 0 Å². The third-order valence-corrected chi connectivity index (χ3v) is 7.52. The van der Waals surface area contributed by atoms with Crippen LogP contribution in [0.25, 0.3) is 0 Å². The van der Waals surface area contributed by atoms with E-state index in [2.05, 4.69) is 33.9 Å². The number of hydrogen-bond acceptors (Lipinski definition) is 5. The molecule has 172 valence electrons. The Morgan fingerprint density at radius 2 is 1.97 bits per heavy atom. The Labute approximate surface area is 182 Å². The van der Waals surface area contributed by atoms with Crippen LogP contribution in [-0.4, -0.2) is 35.5 Å². The summed E-state index contributed by atoms with van der Waals surface area (Å²) in [6.07, 6.45) is 8.65. The van der Waals surface area contributed by atoms with Crippen molar-refractivity contribution in [3.05, 3.63) is 24.3 Å². The van der Waals surface area contributed by atoms with Crippen molar-refractivity contribution < 1.29 is 24.4 Å². The van der Waals surface area contributed by atoms with Gasteiger partial charge >= 0.3 is 5.97 Å². The molecule has 0 aromatic carbocycles. The zero-order chi connectivity index (χ0) is 22.6. The second-order valence-electron chi connectivity index (χ2n) is 10.3. The molecule has 1 aliphatic carbocycles. The Balaban J connectivity index is 1.74. The number of carbonyl (C=O) groups excluding carboxylic acids is 1. The van der Waals surface area contributed by atoms with Gasteiger partial charge in [0.15, 0.2) is 0 Å². The van der Waals surface area contributed by atoms with Gasteiger partial charge in [0.05, 0.1) is 18.6 Å². The molecule has 0 radical (unpaired) electrons. The van der Waals surface area contributed by atoms with Crippen molar-refractivity contribution in [2.45, 2.75) is 109 Å². The Morgan fingerprint density at radius 3 is 2.53 bits per heavy atom. The highest BCUT2D eigenvalue weighted by molar-refractivity contribution is 5.72. The van der Waals surface area contributed by atoms with E-state index in [9.17, 15) is 9.90 Å². The minimum atomic E-state index is -0.800. The van der Waals surface area contributed by atoms with Crippen molar-refractivity contribution >= 4 is 5.97 Å². The summed E-state index contributed by atoms with van der Waals surface area (Å²) in [5, 5.41) is 11.3. The number of hydrogen-bond donors (Lipinski definition) is 1. The molecule has 1 aliphatic heterocycles. The van der Waals surface area contributed by atoms with E-state index in [0.717, 1.165) is 68.9 Å². The first-order chi connectivity index (χ1) is 13.9. The minimum absolute atomic E-state index is 0.138. The summed E-state index contributed by atoms with van der Waals surface area (Å²) in [6, 6.07) is 0. The highest BCUT2D eigenvalue weighted by Gasteiger charge is 2.47. The standard InChI is InChI=1S/C25H42O5/c1-18(12-17-25(27)19(2)11-9-14-23(25,4)5)10-8-15-24(6)16-13-21(29-30-24)20(3)22(26)28-7/h20-21,27H,1-2,8-17H2,3-7H3/t20-,21+,24-,25+/m0/s1. The molecule has 1 saturated carbocycles. The van der Waals surface area contributed by atoms with E-state index in [4.69, 9.17) is 14.5 Å². The summed E-state index contributed by atoms with van der Waals surface area (Å²) in [5.41, 5.74) is 0.857. The first-order valence-electron chi connectivity index (χ1n) is 11.4. The van der Waals surface area contributed by atoms with E-state index < -0.39 is 5.60 Å². The molecule has 5 nitrogen and oxygen atoms in total. The maximum atomic E-state index is 11.7. The van der Waals surface area contributed by atoms with Gasteiger partial charge in [-0.1, -0.05) is 32.6 Å². The lowest BCUT2D eigenvalue weighted by atomic mass is 9.61. The van der Waals surface area contributed by atoms with E-state index in [1.165, 1.54) is 7.11 Å². The first kappa shape index (κ1) is 25.1. The molecule has 5 heteroatoms. The van der Waals surface area contributed by atoms with Crippen molar-refractivity contribution in [2.24, 2.45) is 11.3 Å². The van der Waals surface area contributed by atoms with Gasteiger partial charge in [0.1, 0.15) is 11.7 Å². The van der Waals surface area contributed by atoms with Crippen molar-refractivity contribution in [3.8, 4) is 0 Å². The molecule has 2 rings (SSSR count). The molecule has 0 amide bonds. The molecule has 2 aliphatic rings. The number of esters is 1. The second kappa shape index (κ2) is 9.97. The highest BCUT2D eigenvalue weighted by Crippen LogP contribution is 2.49. The van der Waals surface area contributed by atoms with Crippen LogP contribution in [-0.2, 0) is 19.3 Å². The van der Waals surface area contributed by atoms with Gasteiger partial charge in [-0.05, 0) is 89.0 Å². The molecule has 2 fully saturated rings. The van der Waals surface area contributed by atoms with Crippen LogP contribution in [0, 0.1) is 11.3 Å². The van der Waals surface area contributed by atoms with Gasteiger partial charge in [-0.2, -0.15) is 0 Å². The number of ether oxygens (including phenoxy) is 1. The van der Waals surface area contributed by atoms with Crippen molar-refractivity contribution in [2.75, 3.05) is 7.11 Å². The molecule has 4 atom stereocenters. The zero-order valence-corrected chi connectivity index (χ0v) is 19.7. The third kappa shape index (κ3) is 5.74. The predicted molar refractivity (Wildman–Crippen MR) is 119 cm³/mol. The lowest BCUT2D eigenvalue weighted by molar-refractivity contribution is -0.411. The predicted octanol–water partition coefficient (Wildman–Crippen LogP) is 5.67. The lowest BCUT2D eigenvalue weighted by Gasteiger charge is -2.48. The molecule has 1 saturated heterocycles. The number of rotatable bonds is 9. The summed E-state index contributed by atoms with van der Waals surface area (Å²) in [7, 11) is 1.39. The molecule has 0 unspecified atom stereocenters. The fourth-order valence-electron chi connectivity index (χ4n) is 4.90. The zero-order valence-electron chi connectivity index (χ0n) is 19.7. The molecule has 1 N–H and O–H groups in total. The summed E-state index contributed by atoms with van der Waals surface area (Å²) in [5.74, 6) is -0.599. The Bertz CT molecular complexity index is 629. The SMILES string of the molecule is C=C(CCC[C@@]1(C)CC[C@H]([C@H](C)C(=O)OC)OO1)CC[C@@]1(O)C(=C)CCCC1(C)C. The van der Waals surface area contributed by atoms with E-state index in [1.807, 2.05) is 6.92 Å². The molecular formula is C25H42O5. The van der Waals surface area contributed by atoms with Crippen molar-refractivity contribution in [1.29, 1.82) is 0 Å². The quantitative estimate of drug-likeness (QED) is 0.295. The molecule has 30 heavy (non-hydrogen) atoms. The smallest absolute Gasteiger partial charge is 0.311 e. The second-order valence-corrected chi connectivity index (χ2v) is 10.3. The maximum absolute atomic E-state index is 11.7. The third-order valence-electron chi connectivity index (χ3n) is 7.52. The van der Waals surface area contributed by atoms with Crippen molar-refractivity contribution in [1.82, 2.24) is 0 Å². The van der Waals surface area contributed by atoms with Crippen LogP contribution in [0.3, 0.4) is 0 Å². The van der Waals surface area contributed by atoms with Gasteiger partial charge in [0.25, 0.3) is 0 Å². The van der Waals surface area contributed by atoms with Crippen LogP contribution in [0.1, 0.15) is 91.9 Å². The van der Waals surface area contributed by atoms with Crippen LogP contribution in [0.15, 0.2) is 24.3 Å². The van der Waals surface area contributed by atoms with Crippen LogP contribution >= 0.6 is 0 Å². The molecule has 0 bridgehead atoms. The van der Waals surface area contributed by atoms with Crippen LogP contribution < -0.4 is 0 Å². The van der Waals surface area contributed by atoms with E-state index in [1.54, 1.807) is 0 Å². The average molecular weight is 423 g/mol. The van der Waals surface area contributed by atoms with Gasteiger partial charge in [-0.25, -0.2) is 9.78 Å². The molecular weight excluding hydrogens is 380 g/mol. The fourth-order valence-corrected chi connectivity index (χ4v) is 4.90. The summed E-state index contributed by atoms with van der Waals surface area (Å²) in [6.45, 7) is 16.6. The van der Waals surface area contributed by atoms with E-state index in [0.29, 0.717) is 6.42 Å². The Kier molecular flexibility index (Phi) is 8.34. The highest BCUT2D eigenvalue weighted by atomic mass is 17.2. The molecule has 0 aromatic heterocycles. The van der Waals surface area contributed by atoms with E-state index >= 15 is 0 Å².